The summed E-state index contributed by atoms with van der Waals surface area (Å²) >= 11 is 0. The number of ether oxygens (including phenoxy) is 1. The van der Waals surface area contributed by atoms with E-state index >= 15 is 0 Å². The van der Waals surface area contributed by atoms with E-state index in [0.29, 0.717) is 36.3 Å². The Hall–Kier alpha value is -4.02. The maximum absolute atomic E-state index is 12.9. The zero-order valence-corrected chi connectivity index (χ0v) is 28.4. The molecule has 5 rings (SSSR count). The lowest BCUT2D eigenvalue weighted by molar-refractivity contribution is -0.141. The summed E-state index contributed by atoms with van der Waals surface area (Å²) in [5.41, 5.74) is 7.02. The number of nitriles is 1. The van der Waals surface area contributed by atoms with E-state index in [4.69, 9.17) is 21.1 Å². The van der Waals surface area contributed by atoms with Crippen LogP contribution in [0.2, 0.25) is 0 Å². The fraction of sp³-hybridized carbons (Fsp3) is 0.559. The molecule has 6 N–H and O–H groups in total. The van der Waals surface area contributed by atoms with Crippen LogP contribution in [0.15, 0.2) is 36.9 Å². The number of hydrogen-bond donors (Lipinski definition) is 5. The van der Waals surface area contributed by atoms with E-state index in [2.05, 4.69) is 37.5 Å². The molecule has 10 nitrogen and oxygen atoms in total. The lowest BCUT2D eigenvalue weighted by Gasteiger charge is -2.24. The molecule has 2 aliphatic rings. The first-order valence-corrected chi connectivity index (χ1v) is 16.4. The smallest absolute Gasteiger partial charge is 0.433 e. The number of allylic oxidation sites excluding steroid dienone is 1. The third-order valence-electron chi connectivity index (χ3n) is 7.23. The zero-order valence-electron chi connectivity index (χ0n) is 28.4. The molecule has 1 saturated carbocycles. The molecule has 47 heavy (non-hydrogen) atoms. The number of aromatic nitrogens is 4. The summed E-state index contributed by atoms with van der Waals surface area (Å²) in [5.74, 6) is 1.18. The minimum atomic E-state index is -4.46. The van der Waals surface area contributed by atoms with E-state index in [0.717, 1.165) is 48.9 Å². The molecule has 0 amide bonds. The fourth-order valence-corrected chi connectivity index (χ4v) is 4.42. The van der Waals surface area contributed by atoms with Crippen molar-refractivity contribution in [2.45, 2.75) is 98.4 Å². The molecule has 0 bridgehead atoms. The summed E-state index contributed by atoms with van der Waals surface area (Å²) in [5, 5.41) is 21.9. The standard InChI is InChI=1S/C14H20F3N3O.C9H9N5.C6H12.C3H5N.C2H6.2H2/c1-2-18-9-10-7-12(14(15,16)17)20-13(8-10)21-11-3-5-19-6-4-11;10-3-6(4-11)8-7-1-2-12-9(7)14-5-13-8;1-2-6-4-3-5-6;1-2-3-4;1-2;;/h7-8,11,18-19H,2-6,9H2,1H3;1-5,10H,11H2,(H,12,13,14);6H,2-5H2,1H3;2H2,1H3;1-2H3;2*1H/b;6-4+,10-3?;;;;;. The highest BCUT2D eigenvalue weighted by atomic mass is 19.4. The number of halogens is 3. The highest BCUT2D eigenvalue weighted by molar-refractivity contribution is 6.11. The van der Waals surface area contributed by atoms with Gasteiger partial charge in [0.05, 0.1) is 11.8 Å². The molecule has 4 heterocycles. The molecular formula is C34H56F3N9O. The minimum absolute atomic E-state index is 0. The van der Waals surface area contributed by atoms with Crippen molar-refractivity contribution in [3.8, 4) is 11.9 Å². The number of aromatic amines is 1. The van der Waals surface area contributed by atoms with E-state index in [-0.39, 0.29) is 14.8 Å². The summed E-state index contributed by atoms with van der Waals surface area (Å²) < 4.78 is 44.3. The van der Waals surface area contributed by atoms with E-state index in [1.807, 2.05) is 39.8 Å². The third-order valence-corrected chi connectivity index (χ3v) is 7.23. The monoisotopic (exact) mass is 663 g/mol. The van der Waals surface area contributed by atoms with Crippen LogP contribution in [0.5, 0.6) is 5.88 Å². The molecule has 13 heteroatoms. The van der Waals surface area contributed by atoms with Crippen LogP contribution < -0.4 is 21.1 Å². The Morgan fingerprint density at radius 1 is 1.17 bits per heavy atom. The third kappa shape index (κ3) is 15.0. The largest absolute Gasteiger partial charge is 0.474 e. The van der Waals surface area contributed by atoms with E-state index in [1.165, 1.54) is 44.4 Å². The number of pyridine rings is 1. The van der Waals surface area contributed by atoms with Gasteiger partial charge in [0, 0.05) is 51.5 Å². The number of rotatable bonds is 8. The Morgan fingerprint density at radius 3 is 2.34 bits per heavy atom. The molecule has 0 aromatic carbocycles. The molecule has 3 aromatic rings. The van der Waals surface area contributed by atoms with Crippen molar-refractivity contribution in [2.75, 3.05) is 19.6 Å². The molecular weight excluding hydrogens is 607 g/mol. The Balaban J connectivity index is 0. The summed E-state index contributed by atoms with van der Waals surface area (Å²) in [4.78, 5) is 14.7. The van der Waals surface area contributed by atoms with Crippen molar-refractivity contribution in [3.63, 3.8) is 0 Å². The van der Waals surface area contributed by atoms with Gasteiger partial charge in [0.1, 0.15) is 23.8 Å². The van der Waals surface area contributed by atoms with Crippen molar-refractivity contribution in [1.82, 2.24) is 30.6 Å². The number of H-pyrrole nitrogens is 1. The summed E-state index contributed by atoms with van der Waals surface area (Å²) in [6, 6.07) is 6.44. The molecule has 0 atom stereocenters. The number of hydrogen-bond acceptors (Lipinski definition) is 9. The van der Waals surface area contributed by atoms with Gasteiger partial charge in [-0.15, -0.1) is 0 Å². The van der Waals surface area contributed by atoms with Crippen molar-refractivity contribution >= 4 is 22.8 Å². The fourth-order valence-electron chi connectivity index (χ4n) is 4.42. The second-order valence-electron chi connectivity index (χ2n) is 10.5. The summed E-state index contributed by atoms with van der Waals surface area (Å²) in [7, 11) is 0. The molecule has 0 unspecified atom stereocenters. The second-order valence-corrected chi connectivity index (χ2v) is 10.5. The van der Waals surface area contributed by atoms with Crippen LogP contribution in [0.4, 0.5) is 13.2 Å². The van der Waals surface area contributed by atoms with Crippen LogP contribution in [-0.4, -0.2) is 51.9 Å². The van der Waals surface area contributed by atoms with Gasteiger partial charge in [0.15, 0.2) is 0 Å². The minimum Gasteiger partial charge on any atom is -0.474 e. The number of nitrogens with zero attached hydrogens (tertiary/aromatic N) is 4. The van der Waals surface area contributed by atoms with Gasteiger partial charge < -0.3 is 31.5 Å². The van der Waals surface area contributed by atoms with E-state index in [1.54, 1.807) is 12.3 Å². The number of piperidine rings is 1. The zero-order chi connectivity index (χ0) is 35.1. The van der Waals surface area contributed by atoms with Crippen LogP contribution in [0.3, 0.4) is 0 Å². The SMILES string of the molecule is CC.CCC#N.CCC1CCC1.CCNCc1cc(OC2CCNCC2)nc(C(F)(F)F)c1.N=C/C(=C\N)c1ncnc2[nH]ccc12.[HH].[HH]. The average Bonchev–Trinajstić information content (AvgIpc) is 3.55. The average molecular weight is 664 g/mol. The van der Waals surface area contributed by atoms with Crippen molar-refractivity contribution in [2.24, 2.45) is 11.7 Å². The van der Waals surface area contributed by atoms with Gasteiger partial charge in [0.2, 0.25) is 5.88 Å². The topological polar surface area (TPSA) is 161 Å². The first-order valence-electron chi connectivity index (χ1n) is 16.4. The maximum Gasteiger partial charge on any atom is 0.433 e. The van der Waals surface area contributed by atoms with Crippen molar-refractivity contribution < 1.29 is 20.8 Å². The highest BCUT2D eigenvalue weighted by Crippen LogP contribution is 2.31. The predicted octanol–water partition coefficient (Wildman–Crippen LogP) is 7.88. The van der Waals surface area contributed by atoms with Gasteiger partial charge in [0.25, 0.3) is 0 Å². The predicted molar refractivity (Wildman–Crippen MR) is 187 cm³/mol. The molecule has 2 fully saturated rings. The molecule has 1 saturated heterocycles. The summed E-state index contributed by atoms with van der Waals surface area (Å²) in [6.45, 7) is 12.7. The number of nitrogens with two attached hydrogens (primary N) is 1. The number of fused-ring (bicyclic) bond motifs is 1. The van der Waals surface area contributed by atoms with Crippen LogP contribution in [-0.2, 0) is 12.7 Å². The molecule has 1 aliphatic heterocycles. The van der Waals surface area contributed by atoms with Crippen molar-refractivity contribution in [3.05, 3.63) is 53.9 Å². The van der Waals surface area contributed by atoms with Gasteiger partial charge in [-0.05, 0) is 56.1 Å². The lowest BCUT2D eigenvalue weighted by Crippen LogP contribution is -2.34. The van der Waals surface area contributed by atoms with Crippen LogP contribution in [0.1, 0.15) is 99.4 Å². The second kappa shape index (κ2) is 23.3. The van der Waals surface area contributed by atoms with Gasteiger partial charge in [-0.2, -0.15) is 18.4 Å². The summed E-state index contributed by atoms with van der Waals surface area (Å²) in [6.07, 6.45) is 9.34. The Labute approximate surface area is 280 Å². The van der Waals surface area contributed by atoms with E-state index < -0.39 is 11.9 Å². The molecule has 1 aliphatic carbocycles. The Morgan fingerprint density at radius 2 is 1.85 bits per heavy atom. The molecule has 0 radical (unpaired) electrons. The van der Waals surface area contributed by atoms with Crippen molar-refractivity contribution in [1.29, 1.82) is 10.7 Å². The normalized spacial score (nSPS) is 14.7. The molecule has 264 valence electrons. The van der Waals surface area contributed by atoms with E-state index in [9.17, 15) is 13.2 Å². The quantitative estimate of drug-likeness (QED) is 0.152. The first kappa shape index (κ1) is 41.0. The van der Waals surface area contributed by atoms with Gasteiger partial charge in [-0.3, -0.25) is 0 Å². The lowest BCUT2D eigenvalue weighted by atomic mass is 9.84. The maximum atomic E-state index is 12.9. The highest BCUT2D eigenvalue weighted by Gasteiger charge is 2.33. The number of alkyl halides is 3. The van der Waals surface area contributed by atoms with Crippen LogP contribution in [0.25, 0.3) is 16.6 Å². The Kier molecular flexibility index (Phi) is 20.3. The van der Waals surface area contributed by atoms with Crippen LogP contribution in [0, 0.1) is 22.7 Å². The molecule has 3 aromatic heterocycles. The first-order chi connectivity index (χ1) is 22.7. The van der Waals surface area contributed by atoms with Crippen LogP contribution >= 0.6 is 0 Å². The number of nitrogens with one attached hydrogen (secondary N) is 4. The van der Waals surface area contributed by atoms with Gasteiger partial charge in [-0.1, -0.05) is 60.3 Å². The van der Waals surface area contributed by atoms with Gasteiger partial charge >= 0.3 is 6.18 Å². The Bertz CT molecular complexity index is 1370. The molecule has 0 spiro atoms. The van der Waals surface area contributed by atoms with Gasteiger partial charge in [-0.25, -0.2) is 15.0 Å².